The van der Waals surface area contributed by atoms with Crippen LogP contribution in [0.4, 0.5) is 5.69 Å². The highest BCUT2D eigenvalue weighted by molar-refractivity contribution is 6.31. The van der Waals surface area contributed by atoms with Crippen molar-refractivity contribution in [3.05, 3.63) is 101 Å². The van der Waals surface area contributed by atoms with E-state index in [4.69, 9.17) is 11.6 Å². The maximum Gasteiger partial charge on any atom is 0.255 e. The molecule has 3 aromatic carbocycles. The molecule has 6 heteroatoms. The molecule has 1 aromatic heterocycles. The van der Waals surface area contributed by atoms with Crippen molar-refractivity contribution >= 4 is 40.0 Å². The lowest BCUT2D eigenvalue weighted by Crippen LogP contribution is -2.27. The van der Waals surface area contributed by atoms with Gasteiger partial charge in [-0.25, -0.2) is 0 Å². The molecule has 2 amide bonds. The van der Waals surface area contributed by atoms with Crippen molar-refractivity contribution < 1.29 is 9.59 Å². The number of benzene rings is 3. The predicted octanol–water partition coefficient (Wildman–Crippen LogP) is 5.05. The van der Waals surface area contributed by atoms with Gasteiger partial charge >= 0.3 is 0 Å². The Balaban J connectivity index is 1.42. The summed E-state index contributed by atoms with van der Waals surface area (Å²) in [6.07, 6.45) is 2.59. The number of nitrogens with one attached hydrogen (secondary N) is 3. The molecule has 0 saturated carbocycles. The summed E-state index contributed by atoms with van der Waals surface area (Å²) in [7, 11) is 0. The van der Waals surface area contributed by atoms with E-state index in [2.05, 4.69) is 15.6 Å². The SMILES string of the molecule is O=C(Nc1ccccc1C(=O)NCCc1c[nH]c2ccc(Cl)cc12)c1ccccc1. The zero-order chi connectivity index (χ0) is 20.9. The lowest BCUT2D eigenvalue weighted by molar-refractivity contribution is 0.0955. The van der Waals surface area contributed by atoms with E-state index in [-0.39, 0.29) is 11.8 Å². The molecule has 0 bridgehead atoms. The number of carbonyl (C=O) groups is 2. The third-order valence-electron chi connectivity index (χ3n) is 4.87. The first kappa shape index (κ1) is 19.7. The van der Waals surface area contributed by atoms with Gasteiger partial charge in [0.05, 0.1) is 11.3 Å². The van der Waals surface area contributed by atoms with Crippen molar-refractivity contribution in [1.29, 1.82) is 0 Å². The van der Waals surface area contributed by atoms with E-state index in [1.54, 1.807) is 48.5 Å². The fourth-order valence-corrected chi connectivity index (χ4v) is 3.51. The molecule has 3 N–H and O–H groups in total. The maximum absolute atomic E-state index is 12.7. The van der Waals surface area contributed by atoms with Crippen LogP contribution in [0, 0.1) is 0 Å². The molecule has 4 rings (SSSR count). The molecule has 30 heavy (non-hydrogen) atoms. The molecule has 0 unspecified atom stereocenters. The Kier molecular flexibility index (Phi) is 5.82. The van der Waals surface area contributed by atoms with Gasteiger partial charge in [0.2, 0.25) is 0 Å². The minimum atomic E-state index is -0.258. The van der Waals surface area contributed by atoms with Crippen molar-refractivity contribution in [1.82, 2.24) is 10.3 Å². The fraction of sp³-hybridized carbons (Fsp3) is 0.0833. The normalized spacial score (nSPS) is 10.7. The van der Waals surface area contributed by atoms with Gasteiger partial charge in [-0.05, 0) is 54.4 Å². The molecule has 0 spiro atoms. The number of anilines is 1. The summed E-state index contributed by atoms with van der Waals surface area (Å²) >= 11 is 6.10. The van der Waals surface area contributed by atoms with Gasteiger partial charge in [0, 0.05) is 34.2 Å². The van der Waals surface area contributed by atoms with Crippen LogP contribution in [0.25, 0.3) is 10.9 Å². The van der Waals surface area contributed by atoms with Crippen molar-refractivity contribution in [2.45, 2.75) is 6.42 Å². The maximum atomic E-state index is 12.7. The first-order valence-corrected chi connectivity index (χ1v) is 9.99. The Hall–Kier alpha value is -3.57. The van der Waals surface area contributed by atoms with Crippen molar-refractivity contribution in [2.24, 2.45) is 0 Å². The van der Waals surface area contributed by atoms with Crippen LogP contribution in [-0.4, -0.2) is 23.3 Å². The highest BCUT2D eigenvalue weighted by atomic mass is 35.5. The molecule has 5 nitrogen and oxygen atoms in total. The number of carbonyl (C=O) groups excluding carboxylic acids is 2. The topological polar surface area (TPSA) is 74.0 Å². The Bertz CT molecular complexity index is 1200. The van der Waals surface area contributed by atoms with Gasteiger partial charge < -0.3 is 15.6 Å². The van der Waals surface area contributed by atoms with E-state index in [0.717, 1.165) is 16.5 Å². The smallest absolute Gasteiger partial charge is 0.255 e. The second-order valence-corrected chi connectivity index (χ2v) is 7.31. The van der Waals surface area contributed by atoms with Gasteiger partial charge in [-0.3, -0.25) is 9.59 Å². The molecular formula is C24H20ClN3O2. The molecular weight excluding hydrogens is 398 g/mol. The van der Waals surface area contributed by atoms with Gasteiger partial charge in [-0.2, -0.15) is 0 Å². The quantitative estimate of drug-likeness (QED) is 0.411. The number of aromatic amines is 1. The van der Waals surface area contributed by atoms with Gasteiger partial charge in [-0.15, -0.1) is 0 Å². The molecule has 150 valence electrons. The standard InChI is InChI=1S/C24H20ClN3O2/c25-18-10-11-21-20(14-18)17(15-27-21)12-13-26-24(30)19-8-4-5-9-22(19)28-23(29)16-6-2-1-3-7-16/h1-11,14-15,27H,12-13H2,(H,26,30)(H,28,29). The average Bonchev–Trinajstić information content (AvgIpc) is 3.16. The summed E-state index contributed by atoms with van der Waals surface area (Å²) in [5.74, 6) is -0.497. The van der Waals surface area contributed by atoms with Crippen LogP contribution < -0.4 is 10.6 Å². The number of amides is 2. The minimum absolute atomic E-state index is 0.239. The highest BCUT2D eigenvalue weighted by Gasteiger charge is 2.14. The summed E-state index contributed by atoms with van der Waals surface area (Å²) in [5, 5.41) is 7.48. The number of hydrogen-bond donors (Lipinski definition) is 3. The number of para-hydroxylation sites is 1. The summed E-state index contributed by atoms with van der Waals surface area (Å²) in [5.41, 5.74) is 3.52. The van der Waals surface area contributed by atoms with Crippen molar-refractivity contribution in [2.75, 3.05) is 11.9 Å². The molecule has 0 aliphatic heterocycles. The Morgan fingerprint density at radius 1 is 0.900 bits per heavy atom. The fourth-order valence-electron chi connectivity index (χ4n) is 3.34. The third kappa shape index (κ3) is 4.36. The van der Waals surface area contributed by atoms with E-state index in [1.807, 2.05) is 30.5 Å². The van der Waals surface area contributed by atoms with Gasteiger partial charge in [0.25, 0.3) is 11.8 Å². The summed E-state index contributed by atoms with van der Waals surface area (Å²) in [4.78, 5) is 28.4. The molecule has 0 aliphatic carbocycles. The number of rotatable bonds is 6. The van der Waals surface area contributed by atoms with E-state index in [9.17, 15) is 9.59 Å². The largest absolute Gasteiger partial charge is 0.361 e. The molecule has 0 fully saturated rings. The molecule has 0 aliphatic rings. The van der Waals surface area contributed by atoms with Crippen LogP contribution in [0.3, 0.4) is 0 Å². The second kappa shape index (κ2) is 8.84. The Morgan fingerprint density at radius 2 is 1.67 bits per heavy atom. The number of H-pyrrole nitrogens is 1. The lowest BCUT2D eigenvalue weighted by Gasteiger charge is -2.11. The number of aromatic nitrogens is 1. The molecule has 0 atom stereocenters. The summed E-state index contributed by atoms with van der Waals surface area (Å²) in [6, 6.07) is 21.6. The monoisotopic (exact) mass is 417 g/mol. The van der Waals surface area contributed by atoms with E-state index >= 15 is 0 Å². The number of fused-ring (bicyclic) bond motifs is 1. The van der Waals surface area contributed by atoms with Crippen LogP contribution in [0.15, 0.2) is 79.0 Å². The van der Waals surface area contributed by atoms with Crippen LogP contribution in [-0.2, 0) is 6.42 Å². The van der Waals surface area contributed by atoms with Gasteiger partial charge in [-0.1, -0.05) is 41.9 Å². The average molecular weight is 418 g/mol. The third-order valence-corrected chi connectivity index (χ3v) is 5.10. The molecule has 0 radical (unpaired) electrons. The summed E-state index contributed by atoms with van der Waals surface area (Å²) < 4.78 is 0. The second-order valence-electron chi connectivity index (χ2n) is 6.88. The van der Waals surface area contributed by atoms with E-state index in [1.165, 1.54) is 0 Å². The van der Waals surface area contributed by atoms with Crippen LogP contribution >= 0.6 is 11.6 Å². The highest BCUT2D eigenvalue weighted by Crippen LogP contribution is 2.22. The van der Waals surface area contributed by atoms with Crippen LogP contribution in [0.1, 0.15) is 26.3 Å². The molecule has 0 saturated heterocycles. The first-order valence-electron chi connectivity index (χ1n) is 9.61. The van der Waals surface area contributed by atoms with Crippen molar-refractivity contribution in [3.63, 3.8) is 0 Å². The van der Waals surface area contributed by atoms with Gasteiger partial charge in [0.15, 0.2) is 0 Å². The Labute approximate surface area is 179 Å². The van der Waals surface area contributed by atoms with Crippen molar-refractivity contribution in [3.8, 4) is 0 Å². The number of halogens is 1. The van der Waals surface area contributed by atoms with Crippen LogP contribution in [0.5, 0.6) is 0 Å². The van der Waals surface area contributed by atoms with E-state index in [0.29, 0.717) is 34.8 Å². The zero-order valence-corrected chi connectivity index (χ0v) is 16.9. The van der Waals surface area contributed by atoms with E-state index < -0.39 is 0 Å². The van der Waals surface area contributed by atoms with Crippen LogP contribution in [0.2, 0.25) is 5.02 Å². The van der Waals surface area contributed by atoms with Gasteiger partial charge in [0.1, 0.15) is 0 Å². The summed E-state index contributed by atoms with van der Waals surface area (Å²) in [6.45, 7) is 0.458. The minimum Gasteiger partial charge on any atom is -0.361 e. The first-order chi connectivity index (χ1) is 14.6. The predicted molar refractivity (Wildman–Crippen MR) is 120 cm³/mol. The molecule has 4 aromatic rings. The zero-order valence-electron chi connectivity index (χ0n) is 16.1. The lowest BCUT2D eigenvalue weighted by atomic mass is 10.1. The number of hydrogen-bond acceptors (Lipinski definition) is 2. The Morgan fingerprint density at radius 3 is 2.50 bits per heavy atom. The molecule has 1 heterocycles.